The molecule has 1 saturated carbocycles. The zero-order valence-corrected chi connectivity index (χ0v) is 12.2. The molecule has 1 aliphatic rings. The predicted molar refractivity (Wildman–Crippen MR) is 78.9 cm³/mol. The van der Waals surface area contributed by atoms with Gasteiger partial charge < -0.3 is 10.4 Å². The van der Waals surface area contributed by atoms with Crippen molar-refractivity contribution < 1.29 is 9.90 Å². The maximum absolute atomic E-state index is 12.2. The zero-order valence-electron chi connectivity index (χ0n) is 12.2. The molecule has 21 heavy (non-hydrogen) atoms. The number of carbonyl (C=O) groups is 1. The Morgan fingerprint density at radius 2 is 2.29 bits per heavy atom. The molecule has 112 valence electrons. The van der Waals surface area contributed by atoms with Gasteiger partial charge in [-0.05, 0) is 49.8 Å². The number of carbonyl (C=O) groups excluding carboxylic acids is 1. The summed E-state index contributed by atoms with van der Waals surface area (Å²) >= 11 is 0. The Morgan fingerprint density at radius 1 is 1.48 bits per heavy atom. The lowest BCUT2D eigenvalue weighted by atomic mass is 10.0. The molecule has 0 spiro atoms. The average Bonchev–Trinajstić information content (AvgIpc) is 3.14. The van der Waals surface area contributed by atoms with Gasteiger partial charge in [-0.3, -0.25) is 4.79 Å². The van der Waals surface area contributed by atoms with Crippen molar-refractivity contribution >= 4 is 16.9 Å². The lowest BCUT2D eigenvalue weighted by Crippen LogP contribution is -2.30. The molecule has 1 aliphatic carbocycles. The van der Waals surface area contributed by atoms with E-state index in [-0.39, 0.29) is 17.9 Å². The number of hydrogen-bond donors (Lipinski definition) is 2. The van der Waals surface area contributed by atoms with E-state index in [1.165, 1.54) is 0 Å². The lowest BCUT2D eigenvalue weighted by molar-refractivity contribution is 0.0941. The molecule has 0 atom stereocenters. The van der Waals surface area contributed by atoms with Gasteiger partial charge in [-0.2, -0.15) is 0 Å². The molecule has 0 radical (unpaired) electrons. The van der Waals surface area contributed by atoms with Gasteiger partial charge in [0.2, 0.25) is 0 Å². The van der Waals surface area contributed by atoms with E-state index in [0.717, 1.165) is 36.8 Å². The highest BCUT2D eigenvalue weighted by molar-refractivity contribution is 5.97. The van der Waals surface area contributed by atoms with E-state index >= 15 is 0 Å². The summed E-state index contributed by atoms with van der Waals surface area (Å²) in [7, 11) is 0. The van der Waals surface area contributed by atoms with Crippen LogP contribution in [0, 0.1) is 5.41 Å². The summed E-state index contributed by atoms with van der Waals surface area (Å²) in [6, 6.07) is 5.46. The first-order chi connectivity index (χ1) is 10.2. The SMILES string of the molecule is CCn1nnc2cc(C(=O)NCC3(CCO)CC3)ccc21. The molecular weight excluding hydrogens is 268 g/mol. The summed E-state index contributed by atoms with van der Waals surface area (Å²) in [6.07, 6.45) is 2.92. The van der Waals surface area contributed by atoms with Crippen molar-refractivity contribution in [3.63, 3.8) is 0 Å². The second-order valence-electron chi connectivity index (χ2n) is 5.76. The van der Waals surface area contributed by atoms with Gasteiger partial charge in [0.1, 0.15) is 5.52 Å². The monoisotopic (exact) mass is 288 g/mol. The van der Waals surface area contributed by atoms with E-state index in [0.29, 0.717) is 12.1 Å². The van der Waals surface area contributed by atoms with Crippen LogP contribution >= 0.6 is 0 Å². The van der Waals surface area contributed by atoms with Crippen LogP contribution < -0.4 is 5.32 Å². The topological polar surface area (TPSA) is 80.0 Å². The standard InChI is InChI=1S/C15H20N4O2/c1-2-19-13-4-3-11(9-12(13)17-18-19)14(21)16-10-15(5-6-15)7-8-20/h3-4,9,20H,2,5-8,10H2,1H3,(H,16,21). The molecule has 1 aromatic carbocycles. The summed E-state index contributed by atoms with van der Waals surface area (Å²) in [4.78, 5) is 12.2. The molecule has 6 nitrogen and oxygen atoms in total. The van der Waals surface area contributed by atoms with E-state index in [4.69, 9.17) is 5.11 Å². The van der Waals surface area contributed by atoms with E-state index in [2.05, 4.69) is 15.6 Å². The first kappa shape index (κ1) is 14.0. The van der Waals surface area contributed by atoms with E-state index in [1.54, 1.807) is 16.8 Å². The van der Waals surface area contributed by atoms with Gasteiger partial charge >= 0.3 is 0 Å². The Balaban J connectivity index is 1.70. The van der Waals surface area contributed by atoms with Crippen LogP contribution in [0.1, 0.15) is 36.5 Å². The molecule has 0 aliphatic heterocycles. The second-order valence-corrected chi connectivity index (χ2v) is 5.76. The van der Waals surface area contributed by atoms with Crippen molar-refractivity contribution in [2.24, 2.45) is 5.41 Å². The highest BCUT2D eigenvalue weighted by Gasteiger charge is 2.41. The third kappa shape index (κ3) is 2.76. The number of amides is 1. The Morgan fingerprint density at radius 3 is 2.95 bits per heavy atom. The third-order valence-corrected chi connectivity index (χ3v) is 4.30. The minimum atomic E-state index is -0.0906. The minimum absolute atomic E-state index is 0.0906. The van der Waals surface area contributed by atoms with Crippen LogP contribution in [0.25, 0.3) is 11.0 Å². The molecule has 2 N–H and O–H groups in total. The van der Waals surface area contributed by atoms with Crippen molar-refractivity contribution in [1.29, 1.82) is 0 Å². The molecule has 2 aromatic rings. The quantitative estimate of drug-likeness (QED) is 0.840. The third-order valence-electron chi connectivity index (χ3n) is 4.30. The van der Waals surface area contributed by atoms with Gasteiger partial charge in [-0.25, -0.2) is 4.68 Å². The summed E-state index contributed by atoms with van der Waals surface area (Å²) in [5.41, 5.74) is 2.40. The average molecular weight is 288 g/mol. The molecule has 1 aromatic heterocycles. The van der Waals surface area contributed by atoms with Crippen LogP contribution in [0.3, 0.4) is 0 Å². The van der Waals surface area contributed by atoms with Gasteiger partial charge in [0, 0.05) is 25.3 Å². The van der Waals surface area contributed by atoms with Gasteiger partial charge in [-0.1, -0.05) is 5.21 Å². The van der Waals surface area contributed by atoms with E-state index in [9.17, 15) is 4.79 Å². The number of nitrogens with zero attached hydrogens (tertiary/aromatic N) is 3. The molecule has 1 heterocycles. The largest absolute Gasteiger partial charge is 0.396 e. The normalized spacial score (nSPS) is 16.1. The van der Waals surface area contributed by atoms with E-state index in [1.807, 2.05) is 13.0 Å². The van der Waals surface area contributed by atoms with E-state index < -0.39 is 0 Å². The maximum Gasteiger partial charge on any atom is 0.251 e. The number of aliphatic hydroxyl groups is 1. The minimum Gasteiger partial charge on any atom is -0.396 e. The fourth-order valence-corrected chi connectivity index (χ4v) is 2.65. The van der Waals surface area contributed by atoms with Crippen molar-refractivity contribution in [1.82, 2.24) is 20.3 Å². The maximum atomic E-state index is 12.2. The number of aryl methyl sites for hydroxylation is 1. The molecular formula is C15H20N4O2. The Kier molecular flexibility index (Phi) is 3.63. The number of rotatable bonds is 6. The van der Waals surface area contributed by atoms with Gasteiger partial charge in [0.15, 0.2) is 0 Å². The van der Waals surface area contributed by atoms with Crippen LogP contribution in [0.4, 0.5) is 0 Å². The fourth-order valence-electron chi connectivity index (χ4n) is 2.65. The molecule has 0 saturated heterocycles. The first-order valence-corrected chi connectivity index (χ1v) is 7.40. The summed E-state index contributed by atoms with van der Waals surface area (Å²) in [6.45, 7) is 3.57. The Hall–Kier alpha value is -1.95. The van der Waals surface area contributed by atoms with Gasteiger partial charge in [-0.15, -0.1) is 5.10 Å². The van der Waals surface area contributed by atoms with Gasteiger partial charge in [0.25, 0.3) is 5.91 Å². The summed E-state index contributed by atoms with van der Waals surface area (Å²) < 4.78 is 1.80. The smallest absolute Gasteiger partial charge is 0.251 e. The number of fused-ring (bicyclic) bond motifs is 1. The van der Waals surface area contributed by atoms with Crippen LogP contribution in [0.15, 0.2) is 18.2 Å². The van der Waals surface area contributed by atoms with Crippen molar-refractivity contribution in [3.05, 3.63) is 23.8 Å². The van der Waals surface area contributed by atoms with Crippen LogP contribution in [0.2, 0.25) is 0 Å². The highest BCUT2D eigenvalue weighted by atomic mass is 16.3. The summed E-state index contributed by atoms with van der Waals surface area (Å²) in [5, 5.41) is 20.1. The number of aromatic nitrogens is 3. The van der Waals surface area contributed by atoms with Crippen LogP contribution in [-0.4, -0.2) is 39.2 Å². The Labute approximate surface area is 123 Å². The van der Waals surface area contributed by atoms with Crippen molar-refractivity contribution in [2.75, 3.05) is 13.2 Å². The highest BCUT2D eigenvalue weighted by Crippen LogP contribution is 2.47. The fraction of sp³-hybridized carbons (Fsp3) is 0.533. The van der Waals surface area contributed by atoms with Gasteiger partial charge in [0.05, 0.1) is 5.52 Å². The molecule has 3 rings (SSSR count). The molecule has 0 unspecified atom stereocenters. The molecule has 6 heteroatoms. The molecule has 1 amide bonds. The summed E-state index contributed by atoms with van der Waals surface area (Å²) in [5.74, 6) is -0.0906. The van der Waals surface area contributed by atoms with Crippen LogP contribution in [-0.2, 0) is 6.54 Å². The second kappa shape index (κ2) is 5.44. The van der Waals surface area contributed by atoms with Crippen LogP contribution in [0.5, 0.6) is 0 Å². The number of hydrogen-bond acceptors (Lipinski definition) is 4. The molecule has 0 bridgehead atoms. The van der Waals surface area contributed by atoms with Crippen molar-refractivity contribution in [3.8, 4) is 0 Å². The Bertz CT molecular complexity index is 661. The first-order valence-electron chi connectivity index (χ1n) is 7.40. The lowest BCUT2D eigenvalue weighted by Gasteiger charge is -2.14. The number of benzene rings is 1. The number of aliphatic hydroxyl groups excluding tert-OH is 1. The number of nitrogens with one attached hydrogen (secondary N) is 1. The molecule has 1 fully saturated rings. The zero-order chi connectivity index (χ0) is 14.9. The predicted octanol–water partition coefficient (Wildman–Crippen LogP) is 1.34. The van der Waals surface area contributed by atoms with Crippen molar-refractivity contribution in [2.45, 2.75) is 32.7 Å².